The van der Waals surface area contributed by atoms with E-state index < -0.39 is 23.2 Å². The van der Waals surface area contributed by atoms with Crippen LogP contribution >= 0.6 is 0 Å². The van der Waals surface area contributed by atoms with Crippen molar-refractivity contribution in [2.75, 3.05) is 11.5 Å². The maximum Gasteiger partial charge on any atom is 0.415 e. The minimum atomic E-state index is -1.13. The molecular formula is C29H30N2O4. The van der Waals surface area contributed by atoms with Crippen molar-refractivity contribution in [1.82, 2.24) is 5.32 Å². The van der Waals surface area contributed by atoms with Gasteiger partial charge in [0.1, 0.15) is 11.6 Å². The molecule has 0 aliphatic carbocycles. The molecule has 0 saturated carbocycles. The van der Waals surface area contributed by atoms with Crippen molar-refractivity contribution in [3.8, 4) is 0 Å². The highest BCUT2D eigenvalue weighted by Gasteiger charge is 2.68. The summed E-state index contributed by atoms with van der Waals surface area (Å²) in [6, 6.07) is 27.7. The van der Waals surface area contributed by atoms with Gasteiger partial charge in [-0.15, -0.1) is 0 Å². The number of carbonyl (C=O) groups excluding carboxylic acids is 2. The zero-order chi connectivity index (χ0) is 24.6. The molecule has 1 amide bonds. The molecule has 0 spiro atoms. The molecule has 2 aliphatic heterocycles. The number of hydrogen-bond donors (Lipinski definition) is 1. The first-order valence-corrected chi connectivity index (χ1v) is 12.1. The number of benzene rings is 3. The SMILES string of the molecule is CCOC(=O)N1c2ccccc2[C@]2(C(=O)OC(C)C)CC(c3ccccc3)(c3ccccc3)N[C@H]12. The van der Waals surface area contributed by atoms with E-state index in [1.807, 2.05) is 74.5 Å². The minimum absolute atomic E-state index is 0.232. The first-order valence-electron chi connectivity index (χ1n) is 12.1. The van der Waals surface area contributed by atoms with Crippen molar-refractivity contribution in [2.45, 2.75) is 50.4 Å². The fourth-order valence-electron chi connectivity index (χ4n) is 5.64. The van der Waals surface area contributed by atoms with Crippen LogP contribution in [0.3, 0.4) is 0 Å². The number of rotatable bonds is 5. The summed E-state index contributed by atoms with van der Waals surface area (Å²) in [5.41, 5.74) is 1.60. The molecule has 0 unspecified atom stereocenters. The Balaban J connectivity index is 1.77. The summed E-state index contributed by atoms with van der Waals surface area (Å²) >= 11 is 0. The monoisotopic (exact) mass is 470 g/mol. The molecule has 0 bridgehead atoms. The van der Waals surface area contributed by atoms with E-state index in [9.17, 15) is 9.59 Å². The largest absolute Gasteiger partial charge is 0.462 e. The Morgan fingerprint density at radius 1 is 0.943 bits per heavy atom. The Bertz CT molecular complexity index is 1190. The second-order valence-corrected chi connectivity index (χ2v) is 9.37. The van der Waals surface area contributed by atoms with Gasteiger partial charge in [-0.1, -0.05) is 78.9 Å². The highest BCUT2D eigenvalue weighted by Crippen LogP contribution is 2.57. The zero-order valence-corrected chi connectivity index (χ0v) is 20.2. The van der Waals surface area contributed by atoms with E-state index in [4.69, 9.17) is 9.47 Å². The van der Waals surface area contributed by atoms with E-state index in [1.165, 1.54) is 0 Å². The summed E-state index contributed by atoms with van der Waals surface area (Å²) in [7, 11) is 0. The molecule has 1 N–H and O–H groups in total. The molecule has 1 fully saturated rings. The fourth-order valence-corrected chi connectivity index (χ4v) is 5.64. The number of esters is 1. The van der Waals surface area contributed by atoms with Crippen LogP contribution in [-0.2, 0) is 25.2 Å². The third kappa shape index (κ3) is 3.51. The number of nitrogens with one attached hydrogen (secondary N) is 1. The number of para-hydroxylation sites is 1. The fraction of sp³-hybridized carbons (Fsp3) is 0.310. The topological polar surface area (TPSA) is 67.9 Å². The maximum atomic E-state index is 14.1. The van der Waals surface area contributed by atoms with E-state index >= 15 is 0 Å². The van der Waals surface area contributed by atoms with Crippen molar-refractivity contribution >= 4 is 17.7 Å². The molecule has 1 saturated heterocycles. The number of anilines is 1. The summed E-state index contributed by atoms with van der Waals surface area (Å²) in [4.78, 5) is 29.0. The van der Waals surface area contributed by atoms with Crippen LogP contribution in [0.15, 0.2) is 84.9 Å². The van der Waals surface area contributed by atoms with Crippen LogP contribution in [0.25, 0.3) is 0 Å². The van der Waals surface area contributed by atoms with Gasteiger partial charge < -0.3 is 9.47 Å². The van der Waals surface area contributed by atoms with Crippen molar-refractivity contribution in [2.24, 2.45) is 0 Å². The number of carbonyl (C=O) groups is 2. The summed E-state index contributed by atoms with van der Waals surface area (Å²) in [5.74, 6) is -0.349. The smallest absolute Gasteiger partial charge is 0.415 e. The van der Waals surface area contributed by atoms with Crippen LogP contribution in [0.5, 0.6) is 0 Å². The number of fused-ring (bicyclic) bond motifs is 3. The van der Waals surface area contributed by atoms with Crippen LogP contribution in [0.1, 0.15) is 43.9 Å². The lowest BCUT2D eigenvalue weighted by Crippen LogP contribution is -2.55. The number of hydrogen-bond acceptors (Lipinski definition) is 5. The van der Waals surface area contributed by atoms with Gasteiger partial charge in [-0.3, -0.25) is 15.0 Å². The zero-order valence-electron chi connectivity index (χ0n) is 20.2. The minimum Gasteiger partial charge on any atom is -0.462 e. The average molecular weight is 471 g/mol. The van der Waals surface area contributed by atoms with Gasteiger partial charge in [0, 0.05) is 0 Å². The molecular weight excluding hydrogens is 440 g/mol. The molecule has 0 radical (unpaired) electrons. The van der Waals surface area contributed by atoms with Crippen LogP contribution in [0, 0.1) is 0 Å². The Morgan fingerprint density at radius 3 is 2.09 bits per heavy atom. The summed E-state index contributed by atoms with van der Waals surface area (Å²) in [6.07, 6.45) is -1.10. The molecule has 180 valence electrons. The summed E-state index contributed by atoms with van der Waals surface area (Å²) in [6.45, 7) is 5.70. The number of amides is 1. The third-order valence-corrected chi connectivity index (χ3v) is 7.00. The normalized spacial score (nSPS) is 21.9. The Labute approximate surface area is 205 Å². The lowest BCUT2D eigenvalue weighted by molar-refractivity contribution is -0.154. The van der Waals surface area contributed by atoms with E-state index in [0.29, 0.717) is 12.1 Å². The standard InChI is InChI=1S/C29H30N2O4/c1-4-34-27(33)31-24-18-12-11-17-23(24)28(26(32)35-20(2)3)19-29(30-25(28)31,21-13-7-5-8-14-21)22-15-9-6-10-16-22/h5-18,20,25,30H,4,19H2,1-3H3/t25-,28-/m1/s1. The quantitative estimate of drug-likeness (QED) is 0.525. The Morgan fingerprint density at radius 2 is 1.51 bits per heavy atom. The highest BCUT2D eigenvalue weighted by molar-refractivity contribution is 6.00. The van der Waals surface area contributed by atoms with Gasteiger partial charge in [0.2, 0.25) is 0 Å². The molecule has 0 aromatic heterocycles. The predicted octanol–water partition coefficient (Wildman–Crippen LogP) is 5.12. The second kappa shape index (κ2) is 8.86. The van der Waals surface area contributed by atoms with Crippen molar-refractivity contribution in [3.63, 3.8) is 0 Å². The van der Waals surface area contributed by atoms with Crippen molar-refractivity contribution in [3.05, 3.63) is 102 Å². The first kappa shape index (κ1) is 23.1. The lowest BCUT2D eigenvalue weighted by atomic mass is 9.71. The predicted molar refractivity (Wildman–Crippen MR) is 134 cm³/mol. The highest BCUT2D eigenvalue weighted by atomic mass is 16.6. The molecule has 35 heavy (non-hydrogen) atoms. The molecule has 2 aliphatic rings. The Hall–Kier alpha value is -3.64. The van der Waals surface area contributed by atoms with Gasteiger partial charge in [0.15, 0.2) is 0 Å². The second-order valence-electron chi connectivity index (χ2n) is 9.37. The Kier molecular flexibility index (Phi) is 5.85. The molecule has 5 rings (SSSR count). The third-order valence-electron chi connectivity index (χ3n) is 7.00. The number of nitrogens with zero attached hydrogens (tertiary/aromatic N) is 1. The van der Waals surface area contributed by atoms with Crippen LogP contribution in [0.2, 0.25) is 0 Å². The summed E-state index contributed by atoms with van der Waals surface area (Å²) < 4.78 is 11.4. The van der Waals surface area contributed by atoms with Gasteiger partial charge >= 0.3 is 12.1 Å². The first-order chi connectivity index (χ1) is 16.9. The van der Waals surface area contributed by atoms with Crippen LogP contribution in [-0.4, -0.2) is 30.9 Å². The molecule has 2 atom stereocenters. The molecule has 3 aromatic rings. The van der Waals surface area contributed by atoms with E-state index in [0.717, 1.165) is 16.7 Å². The number of ether oxygens (including phenoxy) is 2. The molecule has 2 heterocycles. The van der Waals surface area contributed by atoms with Crippen molar-refractivity contribution < 1.29 is 19.1 Å². The van der Waals surface area contributed by atoms with Gasteiger partial charge in [-0.05, 0) is 49.9 Å². The average Bonchev–Trinajstić information content (AvgIpc) is 3.36. The molecule has 3 aromatic carbocycles. The summed E-state index contributed by atoms with van der Waals surface area (Å²) in [5, 5.41) is 3.75. The lowest BCUT2D eigenvalue weighted by Gasteiger charge is -2.34. The van der Waals surface area contributed by atoms with Gasteiger partial charge in [0.25, 0.3) is 0 Å². The van der Waals surface area contributed by atoms with Crippen LogP contribution < -0.4 is 10.2 Å². The maximum absolute atomic E-state index is 14.1. The van der Waals surface area contributed by atoms with Gasteiger partial charge in [-0.2, -0.15) is 0 Å². The van der Waals surface area contributed by atoms with Crippen molar-refractivity contribution in [1.29, 1.82) is 0 Å². The molecule has 6 nitrogen and oxygen atoms in total. The van der Waals surface area contributed by atoms with E-state index in [-0.39, 0.29) is 18.7 Å². The van der Waals surface area contributed by atoms with Crippen LogP contribution in [0.4, 0.5) is 10.5 Å². The van der Waals surface area contributed by atoms with E-state index in [2.05, 4.69) is 29.6 Å². The van der Waals surface area contributed by atoms with E-state index in [1.54, 1.807) is 11.8 Å². The van der Waals surface area contributed by atoms with Gasteiger partial charge in [0.05, 0.1) is 23.9 Å². The molecule has 6 heteroatoms. The van der Waals surface area contributed by atoms with Gasteiger partial charge in [-0.25, -0.2) is 4.79 Å².